The van der Waals surface area contributed by atoms with E-state index in [1.807, 2.05) is 0 Å². The Morgan fingerprint density at radius 3 is 2.11 bits per heavy atom. The average Bonchev–Trinajstić information content (AvgIpc) is 2.88. The number of methoxy groups -OCH3 is 1. The zero-order valence-corrected chi connectivity index (χ0v) is 16.4. The lowest BCUT2D eigenvalue weighted by Gasteiger charge is -2.24. The van der Waals surface area contributed by atoms with Gasteiger partial charge in [-0.25, -0.2) is 4.79 Å². The topological polar surface area (TPSA) is 114 Å². The molecule has 0 spiro atoms. The van der Waals surface area contributed by atoms with E-state index in [4.69, 9.17) is 9.47 Å². The van der Waals surface area contributed by atoms with Crippen LogP contribution in [0.3, 0.4) is 0 Å². The summed E-state index contributed by atoms with van der Waals surface area (Å²) in [5.41, 5.74) is -0.527. The van der Waals surface area contributed by atoms with Gasteiger partial charge in [-0.05, 0) is 40.0 Å². The third-order valence-electron chi connectivity index (χ3n) is 3.60. The van der Waals surface area contributed by atoms with Gasteiger partial charge < -0.3 is 20.1 Å². The van der Waals surface area contributed by atoms with Gasteiger partial charge in [0.1, 0.15) is 11.6 Å². The van der Waals surface area contributed by atoms with Crippen molar-refractivity contribution in [1.82, 2.24) is 15.5 Å². The SMILES string of the molecule is COC[C@@H](C(=O)NCCCCCNC(=O)OC(C)(C)C)N1C(=O)C=CC1=O. The van der Waals surface area contributed by atoms with Crippen molar-refractivity contribution in [3.8, 4) is 0 Å². The van der Waals surface area contributed by atoms with Crippen LogP contribution >= 0.6 is 0 Å². The summed E-state index contributed by atoms with van der Waals surface area (Å²) in [5, 5.41) is 5.38. The molecule has 0 aromatic carbocycles. The molecule has 0 aliphatic carbocycles. The summed E-state index contributed by atoms with van der Waals surface area (Å²) in [6, 6.07) is -0.987. The van der Waals surface area contributed by atoms with Crippen molar-refractivity contribution in [2.75, 3.05) is 26.8 Å². The molecule has 1 heterocycles. The second kappa shape index (κ2) is 10.7. The summed E-state index contributed by atoms with van der Waals surface area (Å²) in [6.45, 7) is 6.21. The minimum absolute atomic E-state index is 0.0647. The molecule has 9 nitrogen and oxygen atoms in total. The maximum Gasteiger partial charge on any atom is 0.407 e. The average molecular weight is 383 g/mol. The van der Waals surface area contributed by atoms with E-state index in [-0.39, 0.29) is 6.61 Å². The van der Waals surface area contributed by atoms with Gasteiger partial charge in [0.05, 0.1) is 6.61 Å². The number of alkyl carbamates (subject to hydrolysis) is 1. The van der Waals surface area contributed by atoms with Crippen LogP contribution in [0.5, 0.6) is 0 Å². The maximum absolute atomic E-state index is 12.3. The molecule has 0 fully saturated rings. The molecule has 9 heteroatoms. The van der Waals surface area contributed by atoms with E-state index >= 15 is 0 Å². The van der Waals surface area contributed by atoms with Gasteiger partial charge in [-0.3, -0.25) is 19.3 Å². The Labute approximate surface area is 159 Å². The number of hydrogen-bond donors (Lipinski definition) is 2. The van der Waals surface area contributed by atoms with Crippen LogP contribution in [0.25, 0.3) is 0 Å². The van der Waals surface area contributed by atoms with Crippen LogP contribution in [-0.2, 0) is 23.9 Å². The molecule has 0 bridgehead atoms. The van der Waals surface area contributed by atoms with E-state index in [9.17, 15) is 19.2 Å². The van der Waals surface area contributed by atoms with E-state index < -0.39 is 35.5 Å². The Balaban J connectivity index is 2.24. The quantitative estimate of drug-likeness (QED) is 0.425. The Morgan fingerprint density at radius 2 is 1.59 bits per heavy atom. The molecule has 0 saturated carbocycles. The lowest BCUT2D eigenvalue weighted by molar-refractivity contribution is -0.147. The molecular formula is C18H29N3O6. The van der Waals surface area contributed by atoms with Crippen LogP contribution in [0.1, 0.15) is 40.0 Å². The second-order valence-electron chi connectivity index (χ2n) is 7.13. The number of unbranched alkanes of at least 4 members (excludes halogenated alkanes) is 2. The van der Waals surface area contributed by atoms with Gasteiger partial charge >= 0.3 is 6.09 Å². The van der Waals surface area contributed by atoms with Gasteiger partial charge in [0.25, 0.3) is 11.8 Å². The van der Waals surface area contributed by atoms with Crippen LogP contribution in [0.4, 0.5) is 4.79 Å². The van der Waals surface area contributed by atoms with Gasteiger partial charge in [-0.1, -0.05) is 0 Å². The van der Waals surface area contributed by atoms with Crippen LogP contribution in [-0.4, -0.2) is 67.2 Å². The molecule has 152 valence electrons. The molecule has 0 aromatic rings. The first-order valence-electron chi connectivity index (χ1n) is 8.94. The fourth-order valence-electron chi connectivity index (χ4n) is 2.41. The van der Waals surface area contributed by atoms with Gasteiger partial charge in [-0.2, -0.15) is 0 Å². The van der Waals surface area contributed by atoms with Crippen molar-refractivity contribution in [2.24, 2.45) is 0 Å². The summed E-state index contributed by atoms with van der Waals surface area (Å²) >= 11 is 0. The van der Waals surface area contributed by atoms with Crippen molar-refractivity contribution >= 4 is 23.8 Å². The van der Waals surface area contributed by atoms with E-state index in [1.54, 1.807) is 20.8 Å². The molecule has 1 aliphatic rings. The van der Waals surface area contributed by atoms with Crippen LogP contribution in [0, 0.1) is 0 Å². The highest BCUT2D eigenvalue weighted by Crippen LogP contribution is 2.10. The van der Waals surface area contributed by atoms with Crippen molar-refractivity contribution in [3.63, 3.8) is 0 Å². The Bertz CT molecular complexity index is 564. The summed E-state index contributed by atoms with van der Waals surface area (Å²) < 4.78 is 10.1. The first kappa shape index (κ1) is 22.6. The highest BCUT2D eigenvalue weighted by molar-refractivity contribution is 6.15. The lowest BCUT2D eigenvalue weighted by atomic mass is 10.2. The van der Waals surface area contributed by atoms with E-state index in [2.05, 4.69) is 10.6 Å². The Hall–Kier alpha value is -2.42. The molecular weight excluding hydrogens is 354 g/mol. The van der Waals surface area contributed by atoms with Crippen molar-refractivity contribution in [2.45, 2.75) is 51.7 Å². The predicted molar refractivity (Wildman–Crippen MR) is 97.8 cm³/mol. The molecule has 0 aromatic heterocycles. The molecule has 0 radical (unpaired) electrons. The van der Waals surface area contributed by atoms with Crippen molar-refractivity contribution in [1.29, 1.82) is 0 Å². The highest BCUT2D eigenvalue weighted by atomic mass is 16.6. The number of nitrogens with zero attached hydrogens (tertiary/aromatic N) is 1. The summed E-state index contributed by atoms with van der Waals surface area (Å²) in [6.07, 6.45) is 4.04. The molecule has 0 saturated heterocycles. The summed E-state index contributed by atoms with van der Waals surface area (Å²) in [5.74, 6) is -1.48. The standard InChI is InChI=1S/C18H29N3O6/c1-18(2,3)27-17(25)20-11-7-5-6-10-19-16(24)13(12-26-4)21-14(22)8-9-15(21)23/h8-9,13H,5-7,10-12H2,1-4H3,(H,19,24)(H,20,25)/t13-/m0/s1. The largest absolute Gasteiger partial charge is 0.444 e. The fraction of sp³-hybridized carbons (Fsp3) is 0.667. The van der Waals surface area contributed by atoms with Gasteiger partial charge in [-0.15, -0.1) is 0 Å². The third kappa shape index (κ3) is 8.21. The third-order valence-corrected chi connectivity index (χ3v) is 3.60. The fourth-order valence-corrected chi connectivity index (χ4v) is 2.41. The first-order chi connectivity index (χ1) is 12.7. The molecule has 1 atom stereocenters. The highest BCUT2D eigenvalue weighted by Gasteiger charge is 2.35. The maximum atomic E-state index is 12.3. The molecule has 1 rings (SSSR count). The number of carbonyl (C=O) groups is 4. The van der Waals surface area contributed by atoms with Crippen molar-refractivity contribution in [3.05, 3.63) is 12.2 Å². The number of carbonyl (C=O) groups excluding carboxylic acids is 4. The van der Waals surface area contributed by atoms with Crippen LogP contribution in [0.15, 0.2) is 12.2 Å². The minimum Gasteiger partial charge on any atom is -0.444 e. The van der Waals surface area contributed by atoms with Gasteiger partial charge in [0.15, 0.2) is 0 Å². The molecule has 1 aliphatic heterocycles. The normalized spacial score (nSPS) is 15.0. The van der Waals surface area contributed by atoms with Crippen LogP contribution < -0.4 is 10.6 Å². The van der Waals surface area contributed by atoms with Crippen molar-refractivity contribution < 1.29 is 28.7 Å². The molecule has 0 unspecified atom stereocenters. The number of rotatable bonds is 10. The summed E-state index contributed by atoms with van der Waals surface area (Å²) in [4.78, 5) is 48.1. The number of nitrogens with one attached hydrogen (secondary N) is 2. The number of ether oxygens (including phenoxy) is 2. The van der Waals surface area contributed by atoms with Crippen LogP contribution in [0.2, 0.25) is 0 Å². The minimum atomic E-state index is -0.987. The van der Waals surface area contributed by atoms with E-state index in [0.29, 0.717) is 19.5 Å². The molecule has 2 N–H and O–H groups in total. The zero-order valence-electron chi connectivity index (χ0n) is 16.4. The number of imide groups is 1. The lowest BCUT2D eigenvalue weighted by Crippen LogP contribution is -2.52. The Kier molecular flexibility index (Phi) is 8.93. The second-order valence-corrected chi connectivity index (χ2v) is 7.13. The number of hydrogen-bond acceptors (Lipinski definition) is 6. The zero-order chi connectivity index (χ0) is 20.4. The number of amides is 4. The monoisotopic (exact) mass is 383 g/mol. The molecule has 4 amide bonds. The predicted octanol–water partition coefficient (Wildman–Crippen LogP) is 0.738. The summed E-state index contributed by atoms with van der Waals surface area (Å²) in [7, 11) is 1.40. The van der Waals surface area contributed by atoms with E-state index in [0.717, 1.165) is 29.9 Å². The smallest absolute Gasteiger partial charge is 0.407 e. The van der Waals surface area contributed by atoms with Gasteiger partial charge in [0, 0.05) is 32.4 Å². The van der Waals surface area contributed by atoms with E-state index in [1.165, 1.54) is 7.11 Å². The Morgan fingerprint density at radius 1 is 1.04 bits per heavy atom. The van der Waals surface area contributed by atoms with Gasteiger partial charge in [0.2, 0.25) is 5.91 Å². The molecule has 27 heavy (non-hydrogen) atoms. The first-order valence-corrected chi connectivity index (χ1v) is 8.94.